The van der Waals surface area contributed by atoms with E-state index in [1.807, 2.05) is 30.3 Å². The van der Waals surface area contributed by atoms with Crippen molar-refractivity contribution < 1.29 is 4.52 Å². The number of H-pyrrole nitrogens is 1. The fraction of sp³-hybridized carbons (Fsp3) is 0.474. The molecule has 0 spiro atoms. The van der Waals surface area contributed by atoms with Gasteiger partial charge in [-0.25, -0.2) is 9.48 Å². The van der Waals surface area contributed by atoms with Crippen LogP contribution in [0.3, 0.4) is 0 Å². The molecule has 27 heavy (non-hydrogen) atoms. The van der Waals surface area contributed by atoms with Crippen molar-refractivity contribution in [3.63, 3.8) is 0 Å². The number of aromatic nitrogens is 5. The van der Waals surface area contributed by atoms with Gasteiger partial charge in [0.2, 0.25) is 11.7 Å². The van der Waals surface area contributed by atoms with Crippen LogP contribution >= 0.6 is 0 Å². The number of hydrogen-bond acceptors (Lipinski definition) is 6. The Morgan fingerprint density at radius 3 is 2.96 bits per heavy atom. The van der Waals surface area contributed by atoms with Gasteiger partial charge in [0.25, 0.3) is 0 Å². The SMILES string of the molecule is Cn1nc(CN2C[C@H]3CCC[C@@]3(c3nc(-c4ccccc4)no3)C2)[nH]c1=O. The number of fused-ring (bicyclic) bond motifs is 1. The second-order valence-electron chi connectivity index (χ2n) is 7.70. The van der Waals surface area contributed by atoms with Gasteiger partial charge in [0.05, 0.1) is 12.0 Å². The van der Waals surface area contributed by atoms with E-state index in [4.69, 9.17) is 9.51 Å². The predicted octanol–water partition coefficient (Wildman–Crippen LogP) is 1.71. The minimum absolute atomic E-state index is 0.0882. The summed E-state index contributed by atoms with van der Waals surface area (Å²) in [4.78, 5) is 21.6. The van der Waals surface area contributed by atoms with E-state index in [9.17, 15) is 4.79 Å². The molecule has 0 bridgehead atoms. The largest absolute Gasteiger partial charge is 0.343 e. The monoisotopic (exact) mass is 366 g/mol. The van der Waals surface area contributed by atoms with Gasteiger partial charge in [-0.15, -0.1) is 0 Å². The van der Waals surface area contributed by atoms with E-state index in [1.165, 1.54) is 11.1 Å². The fourth-order valence-electron chi connectivity index (χ4n) is 4.73. The zero-order valence-corrected chi connectivity index (χ0v) is 15.3. The van der Waals surface area contributed by atoms with Crippen molar-refractivity contribution in [2.75, 3.05) is 13.1 Å². The van der Waals surface area contributed by atoms with Gasteiger partial charge in [0.15, 0.2) is 0 Å². The van der Waals surface area contributed by atoms with Crippen molar-refractivity contribution in [3.05, 3.63) is 52.5 Å². The summed E-state index contributed by atoms with van der Waals surface area (Å²) in [5.41, 5.74) is 0.706. The van der Waals surface area contributed by atoms with E-state index in [0.29, 0.717) is 24.1 Å². The molecule has 1 N–H and O–H groups in total. The summed E-state index contributed by atoms with van der Waals surface area (Å²) in [5, 5.41) is 8.50. The molecule has 1 saturated heterocycles. The average Bonchev–Trinajstić information content (AvgIpc) is 3.40. The van der Waals surface area contributed by atoms with Crippen LogP contribution in [-0.4, -0.2) is 42.9 Å². The third-order valence-electron chi connectivity index (χ3n) is 6.01. The highest BCUT2D eigenvalue weighted by molar-refractivity contribution is 5.53. The number of rotatable bonds is 4. The maximum Gasteiger partial charge on any atom is 0.343 e. The number of hydrogen-bond donors (Lipinski definition) is 1. The lowest BCUT2D eigenvalue weighted by atomic mass is 9.80. The number of nitrogens with zero attached hydrogens (tertiary/aromatic N) is 5. The normalized spacial score (nSPS) is 25.1. The second-order valence-corrected chi connectivity index (χ2v) is 7.70. The van der Waals surface area contributed by atoms with Crippen molar-refractivity contribution in [3.8, 4) is 11.4 Å². The lowest BCUT2D eigenvalue weighted by Crippen LogP contribution is -2.32. The molecule has 1 aliphatic carbocycles. The van der Waals surface area contributed by atoms with Gasteiger partial charge in [-0.05, 0) is 18.8 Å². The van der Waals surface area contributed by atoms with Crippen molar-refractivity contribution in [1.82, 2.24) is 29.8 Å². The first kappa shape index (κ1) is 16.4. The van der Waals surface area contributed by atoms with Crippen LogP contribution in [0.5, 0.6) is 0 Å². The Bertz CT molecular complexity index is 1010. The summed E-state index contributed by atoms with van der Waals surface area (Å²) < 4.78 is 7.10. The van der Waals surface area contributed by atoms with Gasteiger partial charge in [0.1, 0.15) is 5.82 Å². The third kappa shape index (κ3) is 2.71. The minimum atomic E-state index is -0.177. The van der Waals surface area contributed by atoms with Gasteiger partial charge in [0, 0.05) is 25.7 Å². The Balaban J connectivity index is 1.41. The highest BCUT2D eigenvalue weighted by atomic mass is 16.5. The molecule has 140 valence electrons. The number of likely N-dealkylation sites (tertiary alicyclic amines) is 1. The lowest BCUT2D eigenvalue weighted by Gasteiger charge is -2.24. The summed E-state index contributed by atoms with van der Waals surface area (Å²) in [6.07, 6.45) is 3.41. The summed E-state index contributed by atoms with van der Waals surface area (Å²) in [6.45, 7) is 2.45. The van der Waals surface area contributed by atoms with Crippen molar-refractivity contribution in [2.24, 2.45) is 13.0 Å². The number of nitrogens with one attached hydrogen (secondary N) is 1. The van der Waals surface area contributed by atoms with Crippen LogP contribution < -0.4 is 5.69 Å². The summed E-state index contributed by atoms with van der Waals surface area (Å²) in [7, 11) is 1.66. The van der Waals surface area contributed by atoms with Gasteiger partial charge in [-0.2, -0.15) is 10.1 Å². The molecule has 8 nitrogen and oxygen atoms in total. The van der Waals surface area contributed by atoms with Crippen molar-refractivity contribution >= 4 is 0 Å². The molecule has 1 saturated carbocycles. The first-order chi connectivity index (χ1) is 13.1. The molecule has 0 amide bonds. The van der Waals surface area contributed by atoms with E-state index in [2.05, 4.69) is 20.1 Å². The van der Waals surface area contributed by atoms with Crippen LogP contribution in [0.4, 0.5) is 0 Å². The molecule has 3 aromatic rings. The molecule has 2 fully saturated rings. The lowest BCUT2D eigenvalue weighted by molar-refractivity contribution is 0.243. The van der Waals surface area contributed by atoms with Crippen molar-refractivity contribution in [1.29, 1.82) is 0 Å². The Kier molecular flexibility index (Phi) is 3.75. The molecule has 3 heterocycles. The number of aryl methyl sites for hydroxylation is 1. The van der Waals surface area contributed by atoms with Crippen molar-refractivity contribution in [2.45, 2.75) is 31.2 Å². The van der Waals surface area contributed by atoms with E-state index >= 15 is 0 Å². The van der Waals surface area contributed by atoms with E-state index < -0.39 is 0 Å². The maximum atomic E-state index is 11.6. The first-order valence-corrected chi connectivity index (χ1v) is 9.38. The summed E-state index contributed by atoms with van der Waals surface area (Å²) in [6, 6.07) is 9.93. The topological polar surface area (TPSA) is 92.8 Å². The molecule has 0 unspecified atom stereocenters. The molecule has 5 rings (SSSR count). The Hall–Kier alpha value is -2.74. The molecule has 8 heteroatoms. The van der Waals surface area contributed by atoms with Crippen LogP contribution in [-0.2, 0) is 19.0 Å². The predicted molar refractivity (Wildman–Crippen MR) is 97.9 cm³/mol. The standard InChI is InChI=1S/C19H22N6O2/c1-24-18(26)20-15(22-24)11-25-10-14-8-5-9-19(14,12-25)17-21-16(23-27-17)13-6-3-2-4-7-13/h2-4,6-7,14H,5,8-12H2,1H3,(H,20,22,26)/t14-,19-/m1/s1. The fourth-order valence-corrected chi connectivity index (χ4v) is 4.73. The van der Waals surface area contributed by atoms with E-state index in [0.717, 1.165) is 37.4 Å². The zero-order chi connectivity index (χ0) is 18.4. The first-order valence-electron chi connectivity index (χ1n) is 9.38. The Morgan fingerprint density at radius 2 is 2.19 bits per heavy atom. The molecule has 1 aromatic carbocycles. The number of aromatic amines is 1. The Morgan fingerprint density at radius 1 is 1.33 bits per heavy atom. The molecule has 2 aliphatic rings. The molecule has 0 radical (unpaired) electrons. The highest BCUT2D eigenvalue weighted by Gasteiger charge is 2.54. The smallest absolute Gasteiger partial charge is 0.338 e. The van der Waals surface area contributed by atoms with Crippen LogP contribution in [0.2, 0.25) is 0 Å². The molecular weight excluding hydrogens is 344 g/mol. The molecular formula is C19H22N6O2. The van der Waals surface area contributed by atoms with Gasteiger partial charge < -0.3 is 4.52 Å². The zero-order valence-electron chi connectivity index (χ0n) is 15.3. The minimum Gasteiger partial charge on any atom is -0.338 e. The Labute approximate surface area is 156 Å². The molecule has 1 aliphatic heterocycles. The molecule has 2 aromatic heterocycles. The summed E-state index contributed by atoms with van der Waals surface area (Å²) >= 11 is 0. The van der Waals surface area contributed by atoms with Crippen LogP contribution in [0.15, 0.2) is 39.6 Å². The molecule has 2 atom stereocenters. The van der Waals surface area contributed by atoms with Gasteiger partial charge in [-0.1, -0.05) is 41.9 Å². The highest BCUT2D eigenvalue weighted by Crippen LogP contribution is 2.50. The van der Waals surface area contributed by atoms with Gasteiger partial charge in [-0.3, -0.25) is 9.88 Å². The van der Waals surface area contributed by atoms with Crippen LogP contribution in [0, 0.1) is 5.92 Å². The maximum absolute atomic E-state index is 11.6. The second kappa shape index (κ2) is 6.16. The van der Waals surface area contributed by atoms with Crippen LogP contribution in [0.25, 0.3) is 11.4 Å². The van der Waals surface area contributed by atoms with E-state index in [-0.39, 0.29) is 11.1 Å². The van der Waals surface area contributed by atoms with Crippen LogP contribution in [0.1, 0.15) is 31.0 Å². The van der Waals surface area contributed by atoms with Gasteiger partial charge >= 0.3 is 5.69 Å². The quantitative estimate of drug-likeness (QED) is 0.756. The van der Waals surface area contributed by atoms with E-state index in [1.54, 1.807) is 7.05 Å². The third-order valence-corrected chi connectivity index (χ3v) is 6.01. The summed E-state index contributed by atoms with van der Waals surface area (Å²) in [5.74, 6) is 2.60. The average molecular weight is 366 g/mol. The number of benzene rings is 1.